The molecule has 16 heavy (non-hydrogen) atoms. The highest BCUT2D eigenvalue weighted by molar-refractivity contribution is 7.89. The fourth-order valence-electron chi connectivity index (χ4n) is 1.49. The van der Waals surface area contributed by atoms with Gasteiger partial charge in [-0.05, 0) is 12.1 Å². The second kappa shape index (κ2) is 3.76. The van der Waals surface area contributed by atoms with Crippen LogP contribution >= 0.6 is 0 Å². The van der Waals surface area contributed by atoms with E-state index in [0.717, 1.165) is 16.4 Å². The molecule has 0 spiro atoms. The van der Waals surface area contributed by atoms with Crippen molar-refractivity contribution >= 4 is 10.0 Å². The molecule has 2 N–H and O–H groups in total. The van der Waals surface area contributed by atoms with E-state index in [2.05, 4.69) is 0 Å². The molecule has 0 atom stereocenters. The van der Waals surface area contributed by atoms with Crippen LogP contribution in [0.2, 0.25) is 0 Å². The van der Waals surface area contributed by atoms with Crippen molar-refractivity contribution < 1.29 is 17.2 Å². The molecule has 0 bridgehead atoms. The quantitative estimate of drug-likeness (QED) is 0.818. The van der Waals surface area contributed by atoms with Crippen LogP contribution in [0.3, 0.4) is 0 Å². The van der Waals surface area contributed by atoms with Crippen LogP contribution in [-0.4, -0.2) is 31.9 Å². The first kappa shape index (κ1) is 11.4. The highest BCUT2D eigenvalue weighted by atomic mass is 32.2. The summed E-state index contributed by atoms with van der Waals surface area (Å²) >= 11 is 0. The minimum absolute atomic E-state index is 0.166. The summed E-state index contributed by atoms with van der Waals surface area (Å²) in [6, 6.07) is 2.17. The number of halogens is 2. The first-order valence-electron chi connectivity index (χ1n) is 4.62. The van der Waals surface area contributed by atoms with Gasteiger partial charge in [0.15, 0.2) is 0 Å². The third-order valence-electron chi connectivity index (χ3n) is 2.39. The number of hydrogen-bond donors (Lipinski definition) is 1. The van der Waals surface area contributed by atoms with Gasteiger partial charge in [0.2, 0.25) is 10.0 Å². The maximum absolute atomic E-state index is 13.3. The molecule has 88 valence electrons. The average molecular weight is 248 g/mol. The molecule has 0 aromatic heterocycles. The molecule has 0 amide bonds. The number of benzene rings is 1. The number of sulfonamides is 1. The van der Waals surface area contributed by atoms with Crippen LogP contribution in [0.15, 0.2) is 23.1 Å². The van der Waals surface area contributed by atoms with E-state index in [4.69, 9.17) is 5.73 Å². The Morgan fingerprint density at radius 1 is 1.31 bits per heavy atom. The Hall–Kier alpha value is -1.05. The zero-order valence-corrected chi connectivity index (χ0v) is 9.05. The van der Waals surface area contributed by atoms with Crippen LogP contribution < -0.4 is 5.73 Å². The highest BCUT2D eigenvalue weighted by Gasteiger charge is 2.36. The van der Waals surface area contributed by atoms with Crippen molar-refractivity contribution in [3.8, 4) is 0 Å². The number of hydrogen-bond acceptors (Lipinski definition) is 3. The van der Waals surface area contributed by atoms with Gasteiger partial charge in [-0.15, -0.1) is 0 Å². The molecule has 2 rings (SSSR count). The Kier molecular flexibility index (Phi) is 2.69. The maximum Gasteiger partial charge on any atom is 0.246 e. The maximum atomic E-state index is 13.3. The van der Waals surface area contributed by atoms with Crippen molar-refractivity contribution in [3.05, 3.63) is 29.8 Å². The predicted octanol–water partition coefficient (Wildman–Crippen LogP) is 0.296. The first-order valence-corrected chi connectivity index (χ1v) is 6.06. The topological polar surface area (TPSA) is 63.4 Å². The Balaban J connectivity index is 2.36. The molecular weight excluding hydrogens is 238 g/mol. The van der Waals surface area contributed by atoms with E-state index in [0.29, 0.717) is 6.07 Å². The third kappa shape index (κ3) is 1.81. The van der Waals surface area contributed by atoms with Crippen LogP contribution in [0, 0.1) is 11.6 Å². The van der Waals surface area contributed by atoms with Crippen molar-refractivity contribution in [3.63, 3.8) is 0 Å². The summed E-state index contributed by atoms with van der Waals surface area (Å²) in [6.07, 6.45) is 0. The van der Waals surface area contributed by atoms with Crippen LogP contribution in [0.5, 0.6) is 0 Å². The summed E-state index contributed by atoms with van der Waals surface area (Å²) in [6.45, 7) is 0.332. The lowest BCUT2D eigenvalue weighted by atomic mass is 10.2. The molecule has 0 radical (unpaired) electrons. The van der Waals surface area contributed by atoms with E-state index in [9.17, 15) is 17.2 Å². The van der Waals surface area contributed by atoms with E-state index in [-0.39, 0.29) is 19.1 Å². The van der Waals surface area contributed by atoms with Crippen molar-refractivity contribution in [2.24, 2.45) is 5.73 Å². The van der Waals surface area contributed by atoms with Crippen molar-refractivity contribution in [2.75, 3.05) is 13.1 Å². The van der Waals surface area contributed by atoms with E-state index < -0.39 is 26.6 Å². The summed E-state index contributed by atoms with van der Waals surface area (Å²) in [4.78, 5) is -0.513. The molecule has 1 aliphatic heterocycles. The largest absolute Gasteiger partial charge is 0.325 e. The highest BCUT2D eigenvalue weighted by Crippen LogP contribution is 2.23. The van der Waals surface area contributed by atoms with E-state index in [1.165, 1.54) is 0 Å². The molecule has 1 saturated heterocycles. The van der Waals surface area contributed by atoms with E-state index in [1.54, 1.807) is 0 Å². The standard InChI is InChI=1S/C9H10F2N2O2S/c10-6-1-2-9(8(11)3-6)16(14,15)13-4-7(12)5-13/h1-3,7H,4-5,12H2. The molecule has 0 saturated carbocycles. The molecule has 1 heterocycles. The zero-order valence-electron chi connectivity index (χ0n) is 8.23. The van der Waals surface area contributed by atoms with Crippen LogP contribution in [0.1, 0.15) is 0 Å². The number of nitrogens with two attached hydrogens (primary N) is 1. The second-order valence-electron chi connectivity index (χ2n) is 3.66. The summed E-state index contributed by atoms with van der Waals surface area (Å²) in [5.41, 5.74) is 5.45. The van der Waals surface area contributed by atoms with Crippen molar-refractivity contribution in [2.45, 2.75) is 10.9 Å². The lowest BCUT2D eigenvalue weighted by molar-refractivity contribution is 0.264. The van der Waals surface area contributed by atoms with Crippen LogP contribution in [-0.2, 0) is 10.0 Å². The predicted molar refractivity (Wildman–Crippen MR) is 53.1 cm³/mol. The van der Waals surface area contributed by atoms with Crippen molar-refractivity contribution in [1.29, 1.82) is 0 Å². The second-order valence-corrected chi connectivity index (χ2v) is 5.56. The van der Waals surface area contributed by atoms with Crippen LogP contribution in [0.25, 0.3) is 0 Å². The fourth-order valence-corrected chi connectivity index (χ4v) is 3.09. The van der Waals surface area contributed by atoms with Crippen LogP contribution in [0.4, 0.5) is 8.78 Å². The SMILES string of the molecule is NC1CN(S(=O)(=O)c2ccc(F)cc2F)C1. The van der Waals surface area contributed by atoms with Gasteiger partial charge >= 0.3 is 0 Å². The molecule has 1 aromatic rings. The van der Waals surface area contributed by atoms with E-state index >= 15 is 0 Å². The molecule has 1 fully saturated rings. The van der Waals surface area contributed by atoms with Gasteiger partial charge in [0.05, 0.1) is 0 Å². The number of nitrogens with zero attached hydrogens (tertiary/aromatic N) is 1. The summed E-state index contributed by atoms with van der Waals surface area (Å²) in [7, 11) is -3.87. The molecule has 7 heteroatoms. The summed E-state index contributed by atoms with van der Waals surface area (Å²) in [5.74, 6) is -1.89. The van der Waals surface area contributed by atoms with Crippen molar-refractivity contribution in [1.82, 2.24) is 4.31 Å². The minimum Gasteiger partial charge on any atom is -0.325 e. The molecule has 1 aromatic carbocycles. The smallest absolute Gasteiger partial charge is 0.246 e. The average Bonchev–Trinajstić information content (AvgIpc) is 2.12. The normalized spacial score (nSPS) is 18.4. The zero-order chi connectivity index (χ0) is 11.9. The van der Waals surface area contributed by atoms with Gasteiger partial charge in [0.25, 0.3) is 0 Å². The monoisotopic (exact) mass is 248 g/mol. The third-order valence-corrected chi connectivity index (χ3v) is 4.25. The first-order chi connectivity index (χ1) is 7.41. The molecule has 1 aliphatic rings. The summed E-state index contributed by atoms with van der Waals surface area (Å²) < 4.78 is 50.6. The minimum atomic E-state index is -3.87. The molecule has 4 nitrogen and oxygen atoms in total. The lowest BCUT2D eigenvalue weighted by Crippen LogP contribution is -2.57. The van der Waals surface area contributed by atoms with Gasteiger partial charge in [-0.25, -0.2) is 17.2 Å². The Bertz CT molecular complexity index is 512. The molecule has 0 aliphatic carbocycles. The van der Waals surface area contributed by atoms with Gasteiger partial charge in [-0.3, -0.25) is 0 Å². The Morgan fingerprint density at radius 3 is 2.44 bits per heavy atom. The molecule has 0 unspecified atom stereocenters. The lowest BCUT2D eigenvalue weighted by Gasteiger charge is -2.35. The molecular formula is C9H10F2N2O2S. The number of rotatable bonds is 2. The van der Waals surface area contributed by atoms with Gasteiger partial charge in [0.1, 0.15) is 16.5 Å². The van der Waals surface area contributed by atoms with E-state index in [1.807, 2.05) is 0 Å². The van der Waals surface area contributed by atoms with Gasteiger partial charge in [-0.2, -0.15) is 4.31 Å². The summed E-state index contributed by atoms with van der Waals surface area (Å²) in [5, 5.41) is 0. The fraction of sp³-hybridized carbons (Fsp3) is 0.333. The Morgan fingerprint density at radius 2 is 1.94 bits per heavy atom. The van der Waals surface area contributed by atoms with Gasteiger partial charge in [-0.1, -0.05) is 0 Å². The Labute approximate surface area is 91.7 Å². The van der Waals surface area contributed by atoms with Gasteiger partial charge < -0.3 is 5.73 Å². The van der Waals surface area contributed by atoms with Gasteiger partial charge in [0, 0.05) is 25.2 Å².